The van der Waals surface area contributed by atoms with Crippen molar-refractivity contribution in [2.24, 2.45) is 11.8 Å². The van der Waals surface area contributed by atoms with Crippen LogP contribution in [0.5, 0.6) is 0 Å². The highest BCUT2D eigenvalue weighted by molar-refractivity contribution is 7.91. The van der Waals surface area contributed by atoms with Crippen LogP contribution in [0.3, 0.4) is 0 Å². The van der Waals surface area contributed by atoms with Gasteiger partial charge in [0.1, 0.15) is 36.1 Å². The zero-order valence-corrected chi connectivity index (χ0v) is 33.7. The summed E-state index contributed by atoms with van der Waals surface area (Å²) in [5.74, 6) is -13.4. The first-order valence-electron chi connectivity index (χ1n) is 18.3. The fourth-order valence-corrected chi connectivity index (χ4v) is 7.32. The van der Waals surface area contributed by atoms with Gasteiger partial charge in [0.05, 0.1) is 11.8 Å². The molecule has 1 fully saturated rings. The zero-order chi connectivity index (χ0) is 43.8. The number of carbonyl (C=O) groups is 10. The summed E-state index contributed by atoms with van der Waals surface area (Å²) < 4.78 is 25.6. The first-order valence-corrected chi connectivity index (χ1v) is 20.1. The molecule has 0 aromatic rings. The smallest absolute Gasteiger partial charge is 0.303 e. The second-order valence-electron chi connectivity index (χ2n) is 14.2. The Bertz CT molecular complexity index is 1670. The van der Waals surface area contributed by atoms with Crippen LogP contribution < -0.4 is 31.9 Å². The third-order valence-electron chi connectivity index (χ3n) is 8.65. The van der Waals surface area contributed by atoms with E-state index >= 15 is 0 Å². The summed E-state index contributed by atoms with van der Waals surface area (Å²) in [5.41, 5.74) is 0. The minimum atomic E-state index is -4.05. The third-order valence-corrected chi connectivity index (χ3v) is 10.1. The van der Waals surface area contributed by atoms with Gasteiger partial charge in [-0.3, -0.25) is 47.9 Å². The van der Waals surface area contributed by atoms with Gasteiger partial charge in [-0.05, 0) is 31.1 Å². The van der Waals surface area contributed by atoms with Crippen molar-refractivity contribution in [2.45, 2.75) is 116 Å². The van der Waals surface area contributed by atoms with Crippen LogP contribution in [-0.4, -0.2) is 137 Å². The van der Waals surface area contributed by atoms with Crippen molar-refractivity contribution in [3.05, 3.63) is 12.7 Å². The van der Waals surface area contributed by atoms with Crippen LogP contribution >= 0.6 is 0 Å². The third kappa shape index (κ3) is 16.3. The highest BCUT2D eigenvalue weighted by Gasteiger charge is 2.46. The van der Waals surface area contributed by atoms with Crippen molar-refractivity contribution < 1.29 is 66.6 Å². The molecule has 5 unspecified atom stereocenters. The molecule has 0 aromatic carbocycles. The van der Waals surface area contributed by atoms with E-state index < -0.39 is 148 Å². The van der Waals surface area contributed by atoms with E-state index in [-0.39, 0.29) is 19.4 Å². The second kappa shape index (κ2) is 23.0. The molecular weight excluding hydrogens is 774 g/mol. The fourth-order valence-electron chi connectivity index (χ4n) is 5.67. The fraction of sp³-hybridized carbons (Fsp3) is 0.657. The molecule has 0 spiro atoms. The van der Waals surface area contributed by atoms with E-state index in [1.807, 2.05) is 0 Å². The van der Waals surface area contributed by atoms with Crippen LogP contribution in [0.4, 0.5) is 0 Å². The van der Waals surface area contributed by atoms with Crippen LogP contribution in [0.1, 0.15) is 80.1 Å². The van der Waals surface area contributed by atoms with Gasteiger partial charge < -0.3 is 47.0 Å². The number of nitrogens with zero attached hydrogens (tertiary/aromatic N) is 1. The maximum absolute atomic E-state index is 14.0. The Morgan fingerprint density at radius 3 is 1.72 bits per heavy atom. The highest BCUT2D eigenvalue weighted by Crippen LogP contribution is 2.20. The van der Waals surface area contributed by atoms with E-state index in [0.29, 0.717) is 6.42 Å². The molecule has 21 nitrogen and oxygen atoms in total. The number of nitrogens with one attached hydrogen (secondary N) is 6. The number of carboxylic acid groups (broad SMARTS) is 2. The molecular formula is C35H55N7O14S. The Balaban J connectivity index is 3.35. The largest absolute Gasteiger partial charge is 0.481 e. The maximum atomic E-state index is 14.0. The highest BCUT2D eigenvalue weighted by atomic mass is 32.2. The number of sulfone groups is 1. The van der Waals surface area contributed by atoms with E-state index in [1.165, 1.54) is 33.8 Å². The van der Waals surface area contributed by atoms with Crippen molar-refractivity contribution in [2.75, 3.05) is 18.2 Å². The summed E-state index contributed by atoms with van der Waals surface area (Å²) in [7, 11) is -4.05. The van der Waals surface area contributed by atoms with Crippen molar-refractivity contribution in [1.29, 1.82) is 0 Å². The van der Waals surface area contributed by atoms with Gasteiger partial charge in [-0.15, -0.1) is 6.58 Å². The molecule has 1 saturated heterocycles. The maximum Gasteiger partial charge on any atom is 0.303 e. The second-order valence-corrected chi connectivity index (χ2v) is 16.3. The number of Topliss-reactive ketones (excluding diaryl/α,β-unsaturated/α-hetero) is 1. The van der Waals surface area contributed by atoms with Gasteiger partial charge >= 0.3 is 11.9 Å². The Morgan fingerprint density at radius 1 is 0.737 bits per heavy atom. The molecule has 1 heterocycles. The van der Waals surface area contributed by atoms with Crippen molar-refractivity contribution in [3.8, 4) is 0 Å². The first-order chi connectivity index (χ1) is 26.5. The molecule has 22 heteroatoms. The molecule has 1 rings (SSSR count). The minimum Gasteiger partial charge on any atom is -0.481 e. The number of carboxylic acids is 2. The van der Waals surface area contributed by atoms with Crippen LogP contribution in [0, 0.1) is 11.8 Å². The molecule has 0 saturated carbocycles. The van der Waals surface area contributed by atoms with Gasteiger partial charge in [0.2, 0.25) is 41.2 Å². The monoisotopic (exact) mass is 829 g/mol. The van der Waals surface area contributed by atoms with E-state index in [0.717, 1.165) is 11.8 Å². The van der Waals surface area contributed by atoms with Crippen molar-refractivity contribution in [1.82, 2.24) is 36.8 Å². The average molecular weight is 830 g/mol. The van der Waals surface area contributed by atoms with Crippen LogP contribution in [0.25, 0.3) is 0 Å². The number of hydrogen-bond donors (Lipinski definition) is 8. The molecule has 320 valence electrons. The lowest BCUT2D eigenvalue weighted by Crippen LogP contribution is -2.61. The molecule has 8 N–H and O–H groups in total. The Labute approximate surface area is 330 Å². The SMILES string of the molecule is C=CCNC(=O)C(=O)C(CCC)NC(=O)[C@@H]1CS(=O)(=O)CN1C(=O)C(NC(=O)C(NC(=O)C(CCC(=O)O)NC(=O)C(CCC(=O)O)NC(C)=O)C(C)C)C(C)C. The number of aliphatic carboxylic acids is 2. The van der Waals surface area contributed by atoms with E-state index in [2.05, 4.69) is 38.5 Å². The normalized spacial score (nSPS) is 17.2. The number of carbonyl (C=O) groups excluding carboxylic acids is 8. The van der Waals surface area contributed by atoms with E-state index in [1.54, 1.807) is 6.92 Å². The van der Waals surface area contributed by atoms with Gasteiger partial charge in [-0.25, -0.2) is 8.42 Å². The van der Waals surface area contributed by atoms with Crippen LogP contribution in [-0.2, 0) is 57.8 Å². The Kier molecular flexibility index (Phi) is 20.0. The zero-order valence-electron chi connectivity index (χ0n) is 32.9. The Morgan fingerprint density at radius 2 is 1.25 bits per heavy atom. The number of ketones is 1. The lowest BCUT2D eigenvalue weighted by molar-refractivity contribution is -0.144. The molecule has 6 atom stereocenters. The summed E-state index contributed by atoms with van der Waals surface area (Å²) in [5, 5.41) is 32.5. The molecule has 0 bridgehead atoms. The lowest BCUT2D eigenvalue weighted by Gasteiger charge is -2.32. The van der Waals surface area contributed by atoms with Crippen molar-refractivity contribution in [3.63, 3.8) is 0 Å². The van der Waals surface area contributed by atoms with Crippen LogP contribution in [0.2, 0.25) is 0 Å². The minimum absolute atomic E-state index is 0.0218. The number of hydrogen-bond acceptors (Lipinski definition) is 12. The van der Waals surface area contributed by atoms with Gasteiger partial charge in [-0.1, -0.05) is 47.1 Å². The molecule has 7 amide bonds. The topological polar surface area (TPSA) is 321 Å². The van der Waals surface area contributed by atoms with E-state index in [9.17, 15) is 61.5 Å². The predicted molar refractivity (Wildman–Crippen MR) is 201 cm³/mol. The molecule has 1 aliphatic heterocycles. The molecule has 0 aliphatic carbocycles. The molecule has 0 aromatic heterocycles. The summed E-state index contributed by atoms with van der Waals surface area (Å²) in [6.07, 6.45) is -0.275. The number of amides is 7. The molecule has 57 heavy (non-hydrogen) atoms. The van der Waals surface area contributed by atoms with Crippen molar-refractivity contribution >= 4 is 68.9 Å². The van der Waals surface area contributed by atoms with Crippen LogP contribution in [0.15, 0.2) is 12.7 Å². The Hall–Kier alpha value is -5.41. The quantitative estimate of drug-likeness (QED) is 0.0376. The standard InChI is InChI=1S/C35H55N7O14S/c1-8-10-21(29(48)34(53)36-15-9-2)38-32(51)24-16-57(55,56)17-42(24)35(54)28(19(5)6)41-33(52)27(18(3)4)40-31(50)23(12-14-26(46)47)39-30(49)22(37-20(7)43)11-13-25(44)45/h9,18-19,21-24,27-28H,2,8,10-17H2,1,3-7H3,(H,36,53)(H,37,43)(H,38,51)(H,39,49)(H,40,50)(H,41,52)(H,44,45)(H,46,47)/t21?,22?,23?,24-,27?,28?/m0/s1. The summed E-state index contributed by atoms with van der Waals surface area (Å²) in [4.78, 5) is 128. The lowest BCUT2D eigenvalue weighted by atomic mass is 9.98. The summed E-state index contributed by atoms with van der Waals surface area (Å²) >= 11 is 0. The average Bonchev–Trinajstić information content (AvgIpc) is 3.45. The first kappa shape index (κ1) is 49.6. The van der Waals surface area contributed by atoms with Gasteiger partial charge in [0.25, 0.3) is 5.91 Å². The van der Waals surface area contributed by atoms with Gasteiger partial charge in [0.15, 0.2) is 9.84 Å². The predicted octanol–water partition coefficient (Wildman–Crippen LogP) is -2.27. The van der Waals surface area contributed by atoms with Gasteiger partial charge in [0, 0.05) is 26.3 Å². The molecule has 0 radical (unpaired) electrons. The molecule has 1 aliphatic rings. The summed E-state index contributed by atoms with van der Waals surface area (Å²) in [6.45, 7) is 12.3. The van der Waals surface area contributed by atoms with Gasteiger partial charge in [-0.2, -0.15) is 0 Å². The summed E-state index contributed by atoms with van der Waals surface area (Å²) in [6, 6.07) is -8.86. The van der Waals surface area contributed by atoms with E-state index in [4.69, 9.17) is 5.11 Å². The number of rotatable bonds is 24.